The number of benzene rings is 3. The number of amides is 1. The third-order valence-electron chi connectivity index (χ3n) is 4.12. The summed E-state index contributed by atoms with van der Waals surface area (Å²) in [7, 11) is 2.99. The predicted octanol–water partition coefficient (Wildman–Crippen LogP) is 5.48. The van der Waals surface area contributed by atoms with Gasteiger partial charge in [0.2, 0.25) is 0 Å². The molecule has 0 radical (unpaired) electrons. The Balaban J connectivity index is 1.69. The van der Waals surface area contributed by atoms with E-state index in [2.05, 4.69) is 5.32 Å². The molecule has 1 N–H and O–H groups in total. The molecule has 6 nitrogen and oxygen atoms in total. The molecule has 0 aromatic heterocycles. The van der Waals surface area contributed by atoms with Crippen molar-refractivity contribution in [1.82, 2.24) is 0 Å². The van der Waals surface area contributed by atoms with Gasteiger partial charge in [0.25, 0.3) is 5.91 Å². The first kappa shape index (κ1) is 21.5. The smallest absolute Gasteiger partial charge is 0.343 e. The average molecular weight is 446 g/mol. The minimum absolute atomic E-state index is 0.284. The van der Waals surface area contributed by atoms with Gasteiger partial charge < -0.3 is 19.5 Å². The number of nitrogens with one attached hydrogen (secondary N) is 1. The summed E-state index contributed by atoms with van der Waals surface area (Å²) < 4.78 is 15.7. The van der Waals surface area contributed by atoms with E-state index in [1.807, 2.05) is 0 Å². The molecule has 154 valence electrons. The average Bonchev–Trinajstić information content (AvgIpc) is 2.76. The van der Waals surface area contributed by atoms with Crippen molar-refractivity contribution < 1.29 is 23.8 Å². The molecule has 0 atom stereocenters. The summed E-state index contributed by atoms with van der Waals surface area (Å²) in [5, 5.41) is 3.51. The van der Waals surface area contributed by atoms with Crippen LogP contribution in [-0.2, 0) is 0 Å². The first-order valence-corrected chi connectivity index (χ1v) is 9.47. The lowest BCUT2D eigenvalue weighted by atomic mass is 10.2. The molecule has 0 unspecified atom stereocenters. The van der Waals surface area contributed by atoms with Gasteiger partial charge in [-0.3, -0.25) is 4.79 Å². The summed E-state index contributed by atoms with van der Waals surface area (Å²) in [6.07, 6.45) is 0. The summed E-state index contributed by atoms with van der Waals surface area (Å²) in [6.45, 7) is 0. The van der Waals surface area contributed by atoms with Crippen LogP contribution in [-0.4, -0.2) is 26.1 Å². The first-order chi connectivity index (χ1) is 14.4. The highest BCUT2D eigenvalue weighted by molar-refractivity contribution is 6.35. The number of anilines is 1. The summed E-state index contributed by atoms with van der Waals surface area (Å²) >= 11 is 12.0. The Morgan fingerprint density at radius 2 is 1.47 bits per heavy atom. The van der Waals surface area contributed by atoms with Crippen molar-refractivity contribution in [3.63, 3.8) is 0 Å². The Labute approximate surface area is 183 Å². The Bertz CT molecular complexity index is 1080. The zero-order chi connectivity index (χ0) is 21.7. The largest absolute Gasteiger partial charge is 0.493 e. The fraction of sp³-hybridized carbons (Fsp3) is 0.0909. The minimum Gasteiger partial charge on any atom is -0.493 e. The van der Waals surface area contributed by atoms with Crippen LogP contribution in [0.2, 0.25) is 10.0 Å². The zero-order valence-corrected chi connectivity index (χ0v) is 17.6. The van der Waals surface area contributed by atoms with Crippen LogP contribution in [0.5, 0.6) is 17.2 Å². The SMILES string of the molecule is COc1ccc(C(=O)Oc2ccc(C(=O)Nc3cc(Cl)ccc3Cl)cc2)cc1OC. The molecular formula is C22H17Cl2NO5. The second-order valence-electron chi connectivity index (χ2n) is 6.06. The summed E-state index contributed by atoms with van der Waals surface area (Å²) in [6, 6.07) is 15.6. The van der Waals surface area contributed by atoms with Gasteiger partial charge in [-0.05, 0) is 60.7 Å². The molecule has 3 rings (SSSR count). The summed E-state index contributed by atoms with van der Waals surface area (Å²) in [5.41, 5.74) is 1.06. The maximum absolute atomic E-state index is 12.4. The molecule has 0 spiro atoms. The molecule has 3 aromatic rings. The van der Waals surface area contributed by atoms with E-state index in [4.69, 9.17) is 37.4 Å². The Morgan fingerprint density at radius 1 is 0.800 bits per heavy atom. The zero-order valence-electron chi connectivity index (χ0n) is 16.1. The predicted molar refractivity (Wildman–Crippen MR) is 115 cm³/mol. The molecule has 0 heterocycles. The second-order valence-corrected chi connectivity index (χ2v) is 6.91. The lowest BCUT2D eigenvalue weighted by Crippen LogP contribution is -2.12. The van der Waals surface area contributed by atoms with E-state index in [0.717, 1.165) is 0 Å². The fourth-order valence-electron chi connectivity index (χ4n) is 2.59. The van der Waals surface area contributed by atoms with E-state index >= 15 is 0 Å². The van der Waals surface area contributed by atoms with Gasteiger partial charge in [0.15, 0.2) is 11.5 Å². The highest BCUT2D eigenvalue weighted by Crippen LogP contribution is 2.28. The number of ether oxygens (including phenoxy) is 3. The van der Waals surface area contributed by atoms with Crippen LogP contribution in [0, 0.1) is 0 Å². The molecule has 0 saturated heterocycles. The maximum atomic E-state index is 12.4. The van der Waals surface area contributed by atoms with Gasteiger partial charge >= 0.3 is 5.97 Å². The van der Waals surface area contributed by atoms with Crippen molar-refractivity contribution in [3.8, 4) is 17.2 Å². The Morgan fingerprint density at radius 3 is 2.13 bits per heavy atom. The second kappa shape index (κ2) is 9.52. The van der Waals surface area contributed by atoms with Gasteiger partial charge in [-0.1, -0.05) is 23.2 Å². The van der Waals surface area contributed by atoms with E-state index in [9.17, 15) is 9.59 Å². The van der Waals surface area contributed by atoms with Crippen molar-refractivity contribution in [2.75, 3.05) is 19.5 Å². The van der Waals surface area contributed by atoms with Crippen LogP contribution >= 0.6 is 23.2 Å². The lowest BCUT2D eigenvalue weighted by Gasteiger charge is -2.10. The van der Waals surface area contributed by atoms with Gasteiger partial charge in [-0.2, -0.15) is 0 Å². The van der Waals surface area contributed by atoms with Crippen LogP contribution in [0.4, 0.5) is 5.69 Å². The van der Waals surface area contributed by atoms with Crippen molar-refractivity contribution in [2.24, 2.45) is 0 Å². The topological polar surface area (TPSA) is 73.9 Å². The minimum atomic E-state index is -0.570. The Hall–Kier alpha value is -3.22. The highest BCUT2D eigenvalue weighted by Gasteiger charge is 2.14. The number of carbonyl (C=O) groups excluding carboxylic acids is 2. The molecule has 30 heavy (non-hydrogen) atoms. The molecule has 0 saturated carbocycles. The van der Waals surface area contributed by atoms with Crippen LogP contribution in [0.1, 0.15) is 20.7 Å². The normalized spacial score (nSPS) is 10.3. The van der Waals surface area contributed by atoms with Gasteiger partial charge in [0, 0.05) is 10.6 Å². The van der Waals surface area contributed by atoms with Crippen LogP contribution < -0.4 is 19.5 Å². The number of halogens is 2. The molecule has 0 fully saturated rings. The highest BCUT2D eigenvalue weighted by atomic mass is 35.5. The van der Waals surface area contributed by atoms with Gasteiger partial charge in [-0.25, -0.2) is 4.79 Å². The van der Waals surface area contributed by atoms with Gasteiger partial charge in [0.05, 0.1) is 30.5 Å². The van der Waals surface area contributed by atoms with E-state index in [-0.39, 0.29) is 11.7 Å². The van der Waals surface area contributed by atoms with E-state index < -0.39 is 5.97 Å². The van der Waals surface area contributed by atoms with E-state index in [1.165, 1.54) is 44.6 Å². The van der Waals surface area contributed by atoms with Crippen molar-refractivity contribution in [1.29, 1.82) is 0 Å². The number of hydrogen-bond acceptors (Lipinski definition) is 5. The van der Waals surface area contributed by atoms with Crippen LogP contribution in [0.15, 0.2) is 60.7 Å². The van der Waals surface area contributed by atoms with Crippen molar-refractivity contribution >= 4 is 40.8 Å². The molecule has 0 aliphatic heterocycles. The van der Waals surface area contributed by atoms with Gasteiger partial charge in [-0.15, -0.1) is 0 Å². The molecule has 0 aliphatic rings. The Kier molecular flexibility index (Phi) is 6.82. The number of rotatable bonds is 6. The molecular weight excluding hydrogens is 429 g/mol. The van der Waals surface area contributed by atoms with Crippen LogP contribution in [0.3, 0.4) is 0 Å². The van der Waals surface area contributed by atoms with Crippen molar-refractivity contribution in [2.45, 2.75) is 0 Å². The molecule has 0 aliphatic carbocycles. The third-order valence-corrected chi connectivity index (χ3v) is 4.69. The molecule has 3 aromatic carbocycles. The lowest BCUT2D eigenvalue weighted by molar-refractivity contribution is 0.0734. The standard InChI is InChI=1S/C22H17Cl2NO5/c1-28-19-10-5-14(11-20(19)29-2)22(27)30-16-7-3-13(4-8-16)21(26)25-18-12-15(23)6-9-17(18)24/h3-12H,1-2H3,(H,25,26). The number of hydrogen-bond donors (Lipinski definition) is 1. The third kappa shape index (κ3) is 5.03. The van der Waals surface area contributed by atoms with E-state index in [0.29, 0.717) is 38.4 Å². The number of carbonyl (C=O) groups is 2. The monoisotopic (exact) mass is 445 g/mol. The first-order valence-electron chi connectivity index (χ1n) is 8.72. The number of esters is 1. The van der Waals surface area contributed by atoms with Crippen LogP contribution in [0.25, 0.3) is 0 Å². The molecule has 8 heteroatoms. The number of methoxy groups -OCH3 is 2. The fourth-order valence-corrected chi connectivity index (χ4v) is 2.93. The van der Waals surface area contributed by atoms with E-state index in [1.54, 1.807) is 30.3 Å². The molecule has 1 amide bonds. The van der Waals surface area contributed by atoms with Gasteiger partial charge in [0.1, 0.15) is 5.75 Å². The van der Waals surface area contributed by atoms with Crippen molar-refractivity contribution in [3.05, 3.63) is 81.8 Å². The molecule has 0 bridgehead atoms. The summed E-state index contributed by atoms with van der Waals surface area (Å²) in [5.74, 6) is 0.255. The quantitative estimate of drug-likeness (QED) is 0.401. The maximum Gasteiger partial charge on any atom is 0.343 e. The summed E-state index contributed by atoms with van der Waals surface area (Å²) in [4.78, 5) is 24.8.